The average Bonchev–Trinajstić information content (AvgIpc) is 4.16. The summed E-state index contributed by atoms with van der Waals surface area (Å²) in [6, 6.07) is 12.1. The third-order valence-electron chi connectivity index (χ3n) is 9.03. The molecule has 0 bridgehead atoms. The van der Waals surface area contributed by atoms with Gasteiger partial charge in [-0.2, -0.15) is 0 Å². The molecule has 0 saturated heterocycles. The minimum Gasteiger partial charge on any atom is -2.00 e. The van der Waals surface area contributed by atoms with Crippen molar-refractivity contribution in [2.24, 2.45) is 0 Å². The number of ketones is 2. The molecule has 0 unspecified atom stereocenters. The number of carbonyl (C=O) groups excluding carboxylic acids is 2. The van der Waals surface area contributed by atoms with Crippen molar-refractivity contribution in [3.8, 4) is 0 Å². The molecule has 65 heavy (non-hydrogen) atoms. The first-order valence-electron chi connectivity index (χ1n) is 22.1. The van der Waals surface area contributed by atoms with E-state index in [1.165, 1.54) is 88.5 Å². The number of unbranched alkanes of at least 4 members (excludes halogenated alkanes) is 6. The first kappa shape index (κ1) is 68.6. The van der Waals surface area contributed by atoms with Gasteiger partial charge in [0.15, 0.2) is 11.6 Å². The van der Waals surface area contributed by atoms with E-state index in [-0.39, 0.29) is 105 Å². The van der Waals surface area contributed by atoms with Gasteiger partial charge in [-0.3, -0.25) is 9.59 Å². The van der Waals surface area contributed by atoms with E-state index >= 15 is 0 Å². The zero-order valence-electron chi connectivity index (χ0n) is 38.6. The Hall–Kier alpha value is -0.684. The van der Waals surface area contributed by atoms with Gasteiger partial charge in [0.05, 0.1) is 23.0 Å². The SMILES string of the molecule is CCCC[CH2][Sn+2][CH2]CCC.CCCC[CH2][Sn+2][CH2]CCC.O=C(O)c1cccc(C(=O)[C]2[CH][CH][CH][CH]2)c1.O=C(O)c1cccc(C(=O)[C]2[CH][CH][CH][CH]2)c1.[CH]1[CH][CH][CH][CH]1.[CH]1[CH][CH][CH][CH]1.[Fe+2].[Fe+2].[O-2]. The van der Waals surface area contributed by atoms with Gasteiger partial charge in [0.25, 0.3) is 0 Å². The number of hydrogen-bond donors (Lipinski definition) is 2. The second kappa shape index (κ2) is 48.3. The number of benzene rings is 2. The molecule has 4 aliphatic carbocycles. The summed E-state index contributed by atoms with van der Waals surface area (Å²) in [7, 11) is 0. The Morgan fingerprint density at radius 1 is 0.400 bits per heavy atom. The van der Waals surface area contributed by atoms with Crippen LogP contribution in [0.2, 0.25) is 17.7 Å². The third kappa shape index (κ3) is 36.0. The number of hydrogen-bond acceptors (Lipinski definition) is 4. The van der Waals surface area contributed by atoms with E-state index in [4.69, 9.17) is 10.2 Å². The van der Waals surface area contributed by atoms with Gasteiger partial charge < -0.3 is 15.7 Å². The summed E-state index contributed by atoms with van der Waals surface area (Å²) in [5.41, 5.74) is 1.03. The van der Waals surface area contributed by atoms with E-state index < -0.39 is 11.9 Å². The molecule has 20 radical (unpaired) electrons. The molecule has 2 aromatic carbocycles. The van der Waals surface area contributed by atoms with Crippen LogP contribution >= 0.6 is 0 Å². The zero-order chi connectivity index (χ0) is 45.5. The summed E-state index contributed by atoms with van der Waals surface area (Å²) in [5, 5.41) is 17.6. The summed E-state index contributed by atoms with van der Waals surface area (Å²) < 4.78 is 6.53. The van der Waals surface area contributed by atoms with Crippen LogP contribution in [0.25, 0.3) is 0 Å². The van der Waals surface area contributed by atoms with Gasteiger partial charge in [0, 0.05) is 11.1 Å². The third-order valence-corrected chi connectivity index (χ3v) is 17.1. The van der Waals surface area contributed by atoms with Crippen molar-refractivity contribution in [1.82, 2.24) is 0 Å². The summed E-state index contributed by atoms with van der Waals surface area (Å²) in [6.07, 6.45) is 48.6. The monoisotopic (exact) mass is 1180 g/mol. The van der Waals surface area contributed by atoms with Crippen LogP contribution in [-0.4, -0.2) is 76.0 Å². The van der Waals surface area contributed by atoms with Crippen molar-refractivity contribution in [3.63, 3.8) is 0 Å². The fourth-order valence-electron chi connectivity index (χ4n) is 5.47. The van der Waals surface area contributed by atoms with E-state index in [1.54, 1.807) is 93.4 Å². The maximum atomic E-state index is 11.9. The Labute approximate surface area is 438 Å². The molecule has 2 aromatic rings. The largest absolute Gasteiger partial charge is 2.00 e. The quantitative estimate of drug-likeness (QED) is 0.0769. The van der Waals surface area contributed by atoms with Crippen LogP contribution in [0.15, 0.2) is 48.5 Å². The molecule has 0 amide bonds. The topological polar surface area (TPSA) is 137 Å². The summed E-state index contributed by atoms with van der Waals surface area (Å²) in [5.74, 6) is -1.24. The first-order valence-corrected chi connectivity index (χ1v) is 30.2. The van der Waals surface area contributed by atoms with Crippen LogP contribution in [0.3, 0.4) is 0 Å². The van der Waals surface area contributed by atoms with E-state index in [9.17, 15) is 19.2 Å². The van der Waals surface area contributed by atoms with Gasteiger partial charge in [-0.05, 0) is 140 Å². The predicted molar refractivity (Wildman–Crippen MR) is 260 cm³/mol. The van der Waals surface area contributed by atoms with Crippen molar-refractivity contribution in [1.29, 1.82) is 0 Å². The van der Waals surface area contributed by atoms with Crippen molar-refractivity contribution in [3.05, 3.63) is 198 Å². The summed E-state index contributed by atoms with van der Waals surface area (Å²) >= 11 is 0.273. The van der Waals surface area contributed by atoms with E-state index in [0.29, 0.717) is 23.0 Å². The fraction of sp³-hybridized carbons (Fsp3) is 0.333. The van der Waals surface area contributed by atoms with Crippen LogP contribution in [0, 0.1) is 127 Å². The van der Waals surface area contributed by atoms with Gasteiger partial charge in [0.2, 0.25) is 0 Å². The van der Waals surface area contributed by atoms with Crippen LogP contribution in [0.5, 0.6) is 0 Å². The van der Waals surface area contributed by atoms with Gasteiger partial charge in [-0.15, -0.1) is 0 Å². The Bertz CT molecular complexity index is 1300. The van der Waals surface area contributed by atoms with E-state index in [1.807, 2.05) is 64.2 Å². The Kier molecular flexibility index (Phi) is 51.0. The predicted octanol–water partition coefficient (Wildman–Crippen LogP) is 12.9. The average molecular weight is 1180 g/mol. The number of carboxylic acid groups (broad SMARTS) is 2. The molecule has 4 aliphatic rings. The minimum atomic E-state index is -1.03. The molecular weight excluding hydrogens is 1110 g/mol. The molecule has 4 saturated carbocycles. The molecule has 0 spiro atoms. The number of carbonyl (C=O) groups is 4. The van der Waals surface area contributed by atoms with Crippen LogP contribution in [0.4, 0.5) is 0 Å². The molecule has 0 aromatic heterocycles. The van der Waals surface area contributed by atoms with Gasteiger partial charge in [-0.25, -0.2) is 9.59 Å². The summed E-state index contributed by atoms with van der Waals surface area (Å²) in [4.78, 5) is 45.3. The molecule has 7 nitrogen and oxygen atoms in total. The van der Waals surface area contributed by atoms with Crippen LogP contribution in [-0.2, 0) is 39.6 Å². The van der Waals surface area contributed by atoms with Crippen LogP contribution < -0.4 is 0 Å². The molecular formula is C54H68Fe2O7Sn2+6. The minimum absolute atomic E-state index is 0. The molecule has 11 heteroatoms. The van der Waals surface area contributed by atoms with Crippen molar-refractivity contribution >= 4 is 65.8 Å². The molecule has 6 rings (SSSR count). The molecule has 4 fully saturated rings. The Balaban J connectivity index is -0.000000736. The second-order valence-electron chi connectivity index (χ2n) is 14.3. The zero-order valence-corrected chi connectivity index (χ0v) is 46.5. The molecule has 0 heterocycles. The van der Waals surface area contributed by atoms with Crippen molar-refractivity contribution in [2.75, 3.05) is 0 Å². The van der Waals surface area contributed by atoms with Gasteiger partial charge >= 0.3 is 198 Å². The standard InChI is InChI=1S/2C13H9O3.2C5H5.2C5H11.2C4H9.2Fe.O.2Sn/c2*14-12(9-4-1-2-5-9)10-6-3-7-11(8-10)13(15)16;2*1-2-4-5-3-1;2*1-3-5-4-2;2*1-3-4-2;;;;;/h2*1-8H,(H,15,16);2*1-5H;2*1,3-5H2,2H3;2*1,3-4H2,2H3;;;;;/q;;;;;;;;2*+2;-2;2*+2. The van der Waals surface area contributed by atoms with Crippen molar-refractivity contribution < 1.29 is 69.0 Å². The summed E-state index contributed by atoms with van der Waals surface area (Å²) in [6.45, 7) is 9.17. The van der Waals surface area contributed by atoms with E-state index in [0.717, 1.165) is 0 Å². The number of carboxylic acids is 2. The maximum absolute atomic E-state index is 11.9. The van der Waals surface area contributed by atoms with E-state index in [2.05, 4.69) is 27.7 Å². The number of aromatic carboxylic acids is 2. The van der Waals surface area contributed by atoms with Crippen LogP contribution in [0.1, 0.15) is 133 Å². The Morgan fingerprint density at radius 3 is 0.923 bits per heavy atom. The second-order valence-corrected chi connectivity index (χ2v) is 22.9. The number of rotatable bonds is 20. The molecule has 344 valence electrons. The fourth-order valence-corrected chi connectivity index (χ4v) is 13.2. The molecule has 2 N–H and O–H groups in total. The Morgan fingerprint density at radius 2 is 0.662 bits per heavy atom. The number of Topliss-reactive ketones (excluding diaryl/α,β-unsaturated/α-hetero) is 2. The first-order chi connectivity index (χ1) is 30.2. The van der Waals surface area contributed by atoms with Gasteiger partial charge in [0.1, 0.15) is 0 Å². The maximum Gasteiger partial charge on any atom is 2.00 e. The van der Waals surface area contributed by atoms with Gasteiger partial charge in [-0.1, -0.05) is 24.3 Å². The normalized spacial score (nSPS) is 14.6. The smallest absolute Gasteiger partial charge is 2.00 e. The molecule has 0 atom stereocenters. The van der Waals surface area contributed by atoms with Crippen molar-refractivity contribution in [2.45, 2.75) is 110 Å². The molecule has 0 aliphatic heterocycles.